The van der Waals surface area contributed by atoms with Crippen LogP contribution in [0, 0.1) is 11.8 Å². The maximum Gasteiger partial charge on any atom is 0.332 e. The molecule has 3 aliphatic rings. The third kappa shape index (κ3) is 4.64. The minimum absolute atomic E-state index is 0.178. The van der Waals surface area contributed by atoms with Gasteiger partial charge in [0.05, 0.1) is 18.7 Å². The van der Waals surface area contributed by atoms with E-state index < -0.39 is 18.2 Å². The number of carboxylic acid groups (broad SMARTS) is 1. The molecule has 1 aromatic carbocycles. The summed E-state index contributed by atoms with van der Waals surface area (Å²) in [4.78, 5) is 16.3. The molecule has 3 aliphatic heterocycles. The summed E-state index contributed by atoms with van der Waals surface area (Å²) in [5.74, 6) is 0.822. The minimum Gasteiger partial charge on any atom is -0.497 e. The highest BCUT2D eigenvalue weighted by Gasteiger charge is 2.42. The second-order valence-electron chi connectivity index (χ2n) is 7.99. The number of hydrogen-bond acceptors (Lipinski definition) is 6. The van der Waals surface area contributed by atoms with Gasteiger partial charge in [0.25, 0.3) is 0 Å². The van der Waals surface area contributed by atoms with Crippen molar-refractivity contribution in [2.75, 3.05) is 20.2 Å². The quantitative estimate of drug-likeness (QED) is 0.646. The fourth-order valence-corrected chi connectivity index (χ4v) is 4.44. The van der Waals surface area contributed by atoms with E-state index in [2.05, 4.69) is 22.5 Å². The predicted molar refractivity (Wildman–Crippen MR) is 114 cm³/mol. The molecule has 7 heteroatoms. The third-order valence-electron chi connectivity index (χ3n) is 6.18. The lowest BCUT2D eigenvalue weighted by Crippen LogP contribution is -2.54. The molecule has 3 N–H and O–H groups in total. The molecule has 0 radical (unpaired) electrons. The number of aromatic nitrogens is 1. The zero-order valence-corrected chi connectivity index (χ0v) is 17.4. The van der Waals surface area contributed by atoms with Crippen molar-refractivity contribution < 1.29 is 24.9 Å². The molecule has 0 spiro atoms. The van der Waals surface area contributed by atoms with Crippen LogP contribution < -0.4 is 4.74 Å². The number of pyridine rings is 1. The molecule has 162 valence electrons. The van der Waals surface area contributed by atoms with E-state index in [1.54, 1.807) is 13.3 Å². The summed E-state index contributed by atoms with van der Waals surface area (Å²) in [6.45, 7) is 7.27. The lowest BCUT2D eigenvalue weighted by Gasteiger charge is -2.50. The number of hydrogen-bond donors (Lipinski definition) is 3. The van der Waals surface area contributed by atoms with E-state index in [0.717, 1.165) is 41.7 Å². The molecular formula is C23H30N2O5. The molecule has 30 heavy (non-hydrogen) atoms. The summed E-state index contributed by atoms with van der Waals surface area (Å²) in [5, 5.41) is 27.9. The number of nitrogens with zero attached hydrogens (tertiary/aromatic N) is 2. The van der Waals surface area contributed by atoms with Gasteiger partial charge in [0.2, 0.25) is 0 Å². The number of benzene rings is 1. The third-order valence-corrected chi connectivity index (χ3v) is 6.18. The smallest absolute Gasteiger partial charge is 0.332 e. The number of fused-ring (bicyclic) bond motifs is 4. The molecule has 5 rings (SSSR count). The van der Waals surface area contributed by atoms with E-state index in [0.29, 0.717) is 11.8 Å². The molecule has 7 nitrogen and oxygen atoms in total. The Kier molecular flexibility index (Phi) is 7.07. The van der Waals surface area contributed by atoms with Crippen LogP contribution in [0.1, 0.15) is 31.4 Å². The van der Waals surface area contributed by atoms with Gasteiger partial charge >= 0.3 is 5.97 Å². The second kappa shape index (κ2) is 9.55. The Bertz CT molecular complexity index is 900. The first-order valence-corrected chi connectivity index (χ1v) is 10.2. The number of methoxy groups -OCH3 is 1. The molecule has 4 heterocycles. The number of aliphatic carboxylic acids is 1. The van der Waals surface area contributed by atoms with Gasteiger partial charge in [-0.05, 0) is 68.0 Å². The van der Waals surface area contributed by atoms with Gasteiger partial charge in [-0.1, -0.05) is 6.08 Å². The van der Waals surface area contributed by atoms with E-state index in [-0.39, 0.29) is 6.04 Å². The van der Waals surface area contributed by atoms with Gasteiger partial charge in [0, 0.05) is 24.2 Å². The highest BCUT2D eigenvalue weighted by molar-refractivity contribution is 5.84. The lowest BCUT2D eigenvalue weighted by molar-refractivity contribution is -0.145. The molecule has 6 atom stereocenters. The maximum atomic E-state index is 11.2. The van der Waals surface area contributed by atoms with E-state index in [1.807, 2.05) is 24.3 Å². The van der Waals surface area contributed by atoms with Crippen LogP contribution in [0.3, 0.4) is 0 Å². The molecule has 3 fully saturated rings. The van der Waals surface area contributed by atoms with Gasteiger partial charge in [-0.25, -0.2) is 4.79 Å². The van der Waals surface area contributed by atoms with E-state index >= 15 is 0 Å². The van der Waals surface area contributed by atoms with Crippen LogP contribution in [0.2, 0.25) is 0 Å². The van der Waals surface area contributed by atoms with Gasteiger partial charge in [0.15, 0.2) is 0 Å². The van der Waals surface area contributed by atoms with Crippen LogP contribution in [-0.2, 0) is 4.79 Å². The van der Waals surface area contributed by atoms with Crippen molar-refractivity contribution in [3.8, 4) is 5.75 Å². The SMILES string of the molecule is C=CC1CN2CCC1CC2C(O)c1ccnc2ccc(OC)cc12.CC(O)C(=O)O. The van der Waals surface area contributed by atoms with Crippen molar-refractivity contribution in [1.29, 1.82) is 0 Å². The van der Waals surface area contributed by atoms with E-state index in [1.165, 1.54) is 13.3 Å². The standard InChI is InChI=1S/C20H24N2O2.C3H6O3/c1-3-13-12-22-9-7-14(13)10-19(22)20(23)16-6-8-21-18-5-4-15(24-2)11-17(16)18;1-2(4)3(5)6/h3-6,8,11,13-14,19-20,23H,1,7,9-10,12H2,2H3;2,4H,1H3,(H,5,6). The first kappa shape index (κ1) is 22.2. The summed E-state index contributed by atoms with van der Waals surface area (Å²) in [7, 11) is 1.66. The number of ether oxygens (including phenoxy) is 1. The molecule has 0 aliphatic carbocycles. The van der Waals surface area contributed by atoms with Crippen molar-refractivity contribution in [1.82, 2.24) is 9.88 Å². The molecule has 6 unspecified atom stereocenters. The summed E-state index contributed by atoms with van der Waals surface area (Å²) in [6, 6.07) is 7.96. The van der Waals surface area contributed by atoms with Gasteiger partial charge in [-0.2, -0.15) is 0 Å². The van der Waals surface area contributed by atoms with Crippen LogP contribution in [0.25, 0.3) is 10.9 Å². The lowest BCUT2D eigenvalue weighted by atomic mass is 9.73. The normalized spacial score (nSPS) is 26.9. The second-order valence-corrected chi connectivity index (χ2v) is 7.99. The molecular weight excluding hydrogens is 384 g/mol. The van der Waals surface area contributed by atoms with Gasteiger partial charge in [-0.15, -0.1) is 6.58 Å². The molecule has 2 aromatic rings. The molecule has 3 saturated heterocycles. The maximum absolute atomic E-state index is 11.2. The largest absolute Gasteiger partial charge is 0.497 e. The summed E-state index contributed by atoms with van der Waals surface area (Å²) in [5.41, 5.74) is 1.85. The predicted octanol–water partition coefficient (Wildman–Crippen LogP) is 2.63. The number of piperidine rings is 3. The number of carbonyl (C=O) groups is 1. The summed E-state index contributed by atoms with van der Waals surface area (Å²) >= 11 is 0. The number of aliphatic hydroxyl groups is 2. The highest BCUT2D eigenvalue weighted by atomic mass is 16.5. The van der Waals surface area contributed by atoms with Crippen LogP contribution >= 0.6 is 0 Å². The zero-order valence-electron chi connectivity index (χ0n) is 17.4. The van der Waals surface area contributed by atoms with Crippen LogP contribution in [0.5, 0.6) is 5.75 Å². The monoisotopic (exact) mass is 414 g/mol. The molecule has 2 bridgehead atoms. The Morgan fingerprint density at radius 3 is 2.67 bits per heavy atom. The summed E-state index contributed by atoms with van der Waals surface area (Å²) in [6.07, 6.45) is 4.39. The van der Waals surface area contributed by atoms with Crippen molar-refractivity contribution >= 4 is 16.9 Å². The first-order chi connectivity index (χ1) is 14.3. The van der Waals surface area contributed by atoms with Gasteiger partial charge in [0.1, 0.15) is 11.9 Å². The van der Waals surface area contributed by atoms with Gasteiger partial charge < -0.3 is 20.1 Å². The Morgan fingerprint density at radius 2 is 2.10 bits per heavy atom. The van der Waals surface area contributed by atoms with Crippen molar-refractivity contribution in [3.05, 3.63) is 48.7 Å². The topological polar surface area (TPSA) is 103 Å². The Morgan fingerprint density at radius 1 is 1.37 bits per heavy atom. The van der Waals surface area contributed by atoms with Crippen molar-refractivity contribution in [2.24, 2.45) is 11.8 Å². The number of carboxylic acids is 1. The first-order valence-electron chi connectivity index (χ1n) is 10.2. The molecule has 0 saturated carbocycles. The van der Waals surface area contributed by atoms with Crippen LogP contribution in [-0.4, -0.2) is 63.5 Å². The van der Waals surface area contributed by atoms with Crippen molar-refractivity contribution in [2.45, 2.75) is 38.0 Å². The van der Waals surface area contributed by atoms with E-state index in [4.69, 9.17) is 14.9 Å². The average Bonchev–Trinajstić information content (AvgIpc) is 2.78. The summed E-state index contributed by atoms with van der Waals surface area (Å²) < 4.78 is 5.35. The highest BCUT2D eigenvalue weighted by Crippen LogP contribution is 2.42. The zero-order chi connectivity index (χ0) is 21.8. The molecule has 0 amide bonds. The van der Waals surface area contributed by atoms with Gasteiger partial charge in [-0.3, -0.25) is 9.88 Å². The average molecular weight is 415 g/mol. The number of aliphatic hydroxyl groups excluding tert-OH is 2. The van der Waals surface area contributed by atoms with Crippen molar-refractivity contribution in [3.63, 3.8) is 0 Å². The Hall–Kier alpha value is -2.48. The Labute approximate surface area is 176 Å². The fraction of sp³-hybridized carbons (Fsp3) is 0.478. The Balaban J connectivity index is 0.000000377. The minimum atomic E-state index is -1.23. The number of rotatable bonds is 5. The van der Waals surface area contributed by atoms with E-state index in [9.17, 15) is 9.90 Å². The van der Waals surface area contributed by atoms with Crippen LogP contribution in [0.15, 0.2) is 43.1 Å². The van der Waals surface area contributed by atoms with Crippen LogP contribution in [0.4, 0.5) is 0 Å². The molecule has 1 aromatic heterocycles. The fourth-order valence-electron chi connectivity index (χ4n) is 4.44.